The largest absolute Gasteiger partial charge is 0.510 e. The molecule has 0 radical (unpaired) electrons. The van der Waals surface area contributed by atoms with Crippen LogP contribution in [0.3, 0.4) is 0 Å². The van der Waals surface area contributed by atoms with E-state index in [4.69, 9.17) is 19.6 Å². The lowest BCUT2D eigenvalue weighted by Crippen LogP contribution is -2.31. The molecular weight excluding hydrogens is 490 g/mol. The number of amides is 1. The minimum Gasteiger partial charge on any atom is -0.510 e. The van der Waals surface area contributed by atoms with Gasteiger partial charge in [0, 0.05) is 43.3 Å². The Bertz CT molecular complexity index is 1490. The highest BCUT2D eigenvalue weighted by Crippen LogP contribution is 2.27. The van der Waals surface area contributed by atoms with Crippen molar-refractivity contribution in [1.82, 2.24) is 30.1 Å². The van der Waals surface area contributed by atoms with Crippen LogP contribution in [-0.4, -0.2) is 74.5 Å². The van der Waals surface area contributed by atoms with Gasteiger partial charge in [0.1, 0.15) is 24.7 Å². The molecule has 4 aromatic rings. The van der Waals surface area contributed by atoms with Crippen LogP contribution in [0.15, 0.2) is 54.4 Å². The number of aliphatic hydroxyl groups excluding tert-OH is 1. The summed E-state index contributed by atoms with van der Waals surface area (Å²) in [5.74, 6) is 0.107. The summed E-state index contributed by atoms with van der Waals surface area (Å²) in [4.78, 5) is 16.8. The molecular formula is C26H27N7O5. The van der Waals surface area contributed by atoms with E-state index in [0.717, 1.165) is 24.8 Å². The molecule has 0 saturated carbocycles. The topological polar surface area (TPSA) is 157 Å². The fourth-order valence-electron chi connectivity index (χ4n) is 4.15. The maximum absolute atomic E-state index is 12.4. The molecule has 196 valence electrons. The zero-order chi connectivity index (χ0) is 26.5. The monoisotopic (exact) mass is 517 g/mol. The molecule has 0 spiro atoms. The highest BCUT2D eigenvalue weighted by molar-refractivity contribution is 6.05. The van der Waals surface area contributed by atoms with Gasteiger partial charge in [0.05, 0.1) is 17.4 Å². The van der Waals surface area contributed by atoms with Gasteiger partial charge in [-0.2, -0.15) is 4.52 Å². The van der Waals surface area contributed by atoms with Crippen molar-refractivity contribution in [2.24, 2.45) is 0 Å². The Morgan fingerprint density at radius 1 is 1.26 bits per heavy atom. The number of methoxy groups -OCH3 is 1. The van der Waals surface area contributed by atoms with E-state index in [1.54, 1.807) is 12.1 Å². The molecule has 4 heterocycles. The highest BCUT2D eigenvalue weighted by Gasteiger charge is 2.19. The molecule has 1 fully saturated rings. The Morgan fingerprint density at radius 2 is 2.11 bits per heavy atom. The van der Waals surface area contributed by atoms with Gasteiger partial charge in [-0.1, -0.05) is 18.2 Å². The minimum absolute atomic E-state index is 0.0355. The minimum atomic E-state index is -0.202. The van der Waals surface area contributed by atoms with E-state index < -0.39 is 0 Å². The second kappa shape index (κ2) is 11.3. The number of ether oxygens (including phenoxy) is 3. The highest BCUT2D eigenvalue weighted by atomic mass is 16.5. The Labute approximate surface area is 217 Å². The van der Waals surface area contributed by atoms with E-state index in [1.165, 1.54) is 23.9 Å². The molecule has 12 heteroatoms. The number of carbonyl (C=O) groups is 1. The molecule has 1 amide bonds. The van der Waals surface area contributed by atoms with E-state index in [0.29, 0.717) is 34.7 Å². The summed E-state index contributed by atoms with van der Waals surface area (Å²) in [5, 5.41) is 35.4. The predicted octanol–water partition coefficient (Wildman–Crippen LogP) is 2.62. The molecule has 1 atom stereocenters. The van der Waals surface area contributed by atoms with Gasteiger partial charge in [-0.3, -0.25) is 15.2 Å². The van der Waals surface area contributed by atoms with Gasteiger partial charge in [-0.05, 0) is 31.0 Å². The maximum Gasteiger partial charge on any atom is 0.252 e. The van der Waals surface area contributed by atoms with Crippen LogP contribution >= 0.6 is 0 Å². The SMILES string of the molecule is COC/C(O)=C/C(=N)c1nnc2c3ccccc3c(OCc3ccc(C(=O)NC[C@@H]4CCCO4)cn3)nn12. The van der Waals surface area contributed by atoms with Crippen LogP contribution < -0.4 is 10.1 Å². The van der Waals surface area contributed by atoms with Crippen molar-refractivity contribution in [3.8, 4) is 5.88 Å². The molecule has 0 aliphatic carbocycles. The summed E-state index contributed by atoms with van der Waals surface area (Å²) in [7, 11) is 1.45. The molecule has 5 rings (SSSR count). The average Bonchev–Trinajstić information content (AvgIpc) is 3.61. The van der Waals surface area contributed by atoms with Crippen molar-refractivity contribution in [2.75, 3.05) is 26.9 Å². The number of rotatable bonds is 10. The lowest BCUT2D eigenvalue weighted by Gasteiger charge is -2.11. The van der Waals surface area contributed by atoms with Crippen molar-refractivity contribution in [3.63, 3.8) is 0 Å². The van der Waals surface area contributed by atoms with Gasteiger partial charge in [-0.15, -0.1) is 15.3 Å². The zero-order valence-electron chi connectivity index (χ0n) is 20.8. The smallest absolute Gasteiger partial charge is 0.252 e. The number of nitrogens with one attached hydrogen (secondary N) is 2. The number of allylic oxidation sites excluding steroid dienone is 1. The zero-order valence-corrected chi connectivity index (χ0v) is 20.8. The molecule has 1 aliphatic rings. The Balaban J connectivity index is 1.34. The van der Waals surface area contributed by atoms with E-state index in [1.807, 2.05) is 24.3 Å². The van der Waals surface area contributed by atoms with Gasteiger partial charge < -0.3 is 24.6 Å². The summed E-state index contributed by atoms with van der Waals surface area (Å²) in [6, 6.07) is 10.9. The number of carbonyl (C=O) groups excluding carboxylic acids is 1. The third kappa shape index (κ3) is 5.45. The van der Waals surface area contributed by atoms with Crippen LogP contribution in [0.1, 0.15) is 34.7 Å². The quantitative estimate of drug-likeness (QED) is 0.212. The first-order valence-corrected chi connectivity index (χ1v) is 12.1. The first-order valence-electron chi connectivity index (χ1n) is 12.1. The summed E-state index contributed by atoms with van der Waals surface area (Å²) in [6.07, 6.45) is 4.79. The summed E-state index contributed by atoms with van der Waals surface area (Å²) < 4.78 is 17.9. The van der Waals surface area contributed by atoms with E-state index in [2.05, 4.69) is 25.6 Å². The van der Waals surface area contributed by atoms with Crippen molar-refractivity contribution in [3.05, 3.63) is 71.5 Å². The van der Waals surface area contributed by atoms with Crippen LogP contribution in [-0.2, 0) is 16.1 Å². The van der Waals surface area contributed by atoms with Crippen molar-refractivity contribution in [2.45, 2.75) is 25.6 Å². The number of hydrogen-bond acceptors (Lipinski definition) is 10. The number of aromatic nitrogens is 5. The van der Waals surface area contributed by atoms with Gasteiger partial charge in [0.15, 0.2) is 5.65 Å². The van der Waals surface area contributed by atoms with Crippen molar-refractivity contribution in [1.29, 1.82) is 5.41 Å². The van der Waals surface area contributed by atoms with Gasteiger partial charge in [0.25, 0.3) is 5.91 Å². The fourth-order valence-corrected chi connectivity index (χ4v) is 4.15. The number of hydrogen-bond donors (Lipinski definition) is 3. The van der Waals surface area contributed by atoms with E-state index >= 15 is 0 Å². The molecule has 1 saturated heterocycles. The number of pyridine rings is 1. The summed E-state index contributed by atoms with van der Waals surface area (Å²) in [5.41, 5.74) is 1.42. The van der Waals surface area contributed by atoms with Crippen molar-refractivity contribution < 1.29 is 24.1 Å². The number of fused-ring (bicyclic) bond motifs is 3. The van der Waals surface area contributed by atoms with Gasteiger partial charge >= 0.3 is 0 Å². The Kier molecular flexibility index (Phi) is 7.52. The first kappa shape index (κ1) is 25.2. The maximum atomic E-state index is 12.4. The number of aliphatic hydroxyl groups is 1. The Hall–Kier alpha value is -4.42. The molecule has 1 aliphatic heterocycles. The van der Waals surface area contributed by atoms with Crippen molar-refractivity contribution >= 4 is 28.0 Å². The van der Waals surface area contributed by atoms with Crippen LogP contribution in [0.5, 0.6) is 5.88 Å². The Morgan fingerprint density at radius 3 is 2.84 bits per heavy atom. The molecule has 12 nitrogen and oxygen atoms in total. The van der Waals surface area contributed by atoms with E-state index in [9.17, 15) is 9.90 Å². The van der Waals surface area contributed by atoms with Crippen LogP contribution in [0.2, 0.25) is 0 Å². The second-order valence-corrected chi connectivity index (χ2v) is 8.76. The molecule has 3 aromatic heterocycles. The lowest BCUT2D eigenvalue weighted by molar-refractivity contribution is 0.0857. The normalized spacial score (nSPS) is 15.7. The molecule has 38 heavy (non-hydrogen) atoms. The van der Waals surface area contributed by atoms with Gasteiger partial charge in [-0.25, -0.2) is 0 Å². The number of nitrogens with zero attached hydrogens (tertiary/aromatic N) is 5. The van der Waals surface area contributed by atoms with E-state index in [-0.39, 0.29) is 42.5 Å². The lowest BCUT2D eigenvalue weighted by atomic mass is 10.2. The number of benzene rings is 1. The molecule has 0 bridgehead atoms. The van der Waals surface area contributed by atoms with Crippen LogP contribution in [0, 0.1) is 5.41 Å². The van der Waals surface area contributed by atoms with Crippen LogP contribution in [0.25, 0.3) is 16.4 Å². The summed E-state index contributed by atoms with van der Waals surface area (Å²) in [6.45, 7) is 1.29. The standard InChI is InChI=1S/C26H27N7O5/c1-36-15-18(34)11-22(27)24-31-30-23-20-6-2-3-7-21(20)26(32-33(23)24)38-14-17-9-8-16(12-28-17)25(35)29-13-19-5-4-10-37-19/h2-3,6-9,11-12,19,27,34H,4-5,10,13-15H2,1H3,(H,29,35)/b18-11-,27-22?/t19-/m0/s1. The van der Waals surface area contributed by atoms with Crippen LogP contribution in [0.4, 0.5) is 0 Å². The predicted molar refractivity (Wildman–Crippen MR) is 138 cm³/mol. The molecule has 1 aromatic carbocycles. The summed E-state index contributed by atoms with van der Waals surface area (Å²) >= 11 is 0. The molecule has 3 N–H and O–H groups in total. The molecule has 0 unspecified atom stereocenters. The second-order valence-electron chi connectivity index (χ2n) is 8.76. The average molecular weight is 518 g/mol. The fraction of sp³-hybridized carbons (Fsp3) is 0.308. The third-order valence-corrected chi connectivity index (χ3v) is 6.03. The van der Waals surface area contributed by atoms with Gasteiger partial charge in [0.2, 0.25) is 11.7 Å². The first-order chi connectivity index (χ1) is 18.5. The third-order valence-electron chi connectivity index (χ3n) is 6.03.